The van der Waals surface area contributed by atoms with Crippen LogP contribution in [0.1, 0.15) is 11.1 Å². The highest BCUT2D eigenvalue weighted by molar-refractivity contribution is 6.31. The molecular formula is C20H19ClN4O3. The first-order valence-corrected chi connectivity index (χ1v) is 9.14. The first-order valence-electron chi connectivity index (χ1n) is 8.77. The number of H-pyrrole nitrogens is 1. The van der Waals surface area contributed by atoms with Crippen molar-refractivity contribution in [3.63, 3.8) is 0 Å². The van der Waals surface area contributed by atoms with Gasteiger partial charge in [-0.15, -0.1) is 0 Å². The number of para-hydroxylation sites is 1. The van der Waals surface area contributed by atoms with E-state index in [2.05, 4.69) is 9.97 Å². The molecule has 2 heterocycles. The Morgan fingerprint density at radius 2 is 2.14 bits per heavy atom. The molecule has 28 heavy (non-hydrogen) atoms. The zero-order valence-electron chi connectivity index (χ0n) is 15.4. The Bertz CT molecular complexity index is 1100. The molecule has 1 unspecified atom stereocenters. The van der Waals surface area contributed by atoms with Crippen LogP contribution >= 0.6 is 11.6 Å². The van der Waals surface area contributed by atoms with Crippen LogP contribution in [-0.2, 0) is 16.6 Å². The van der Waals surface area contributed by atoms with Gasteiger partial charge in [0.25, 0.3) is 0 Å². The molecule has 2 aromatic carbocycles. The maximum absolute atomic E-state index is 13.5. The van der Waals surface area contributed by atoms with E-state index in [0.29, 0.717) is 11.4 Å². The van der Waals surface area contributed by atoms with E-state index >= 15 is 0 Å². The van der Waals surface area contributed by atoms with Crippen molar-refractivity contribution in [2.75, 3.05) is 25.5 Å². The highest BCUT2D eigenvalue weighted by atomic mass is 35.5. The number of carbonyl (C=O) groups is 2. The van der Waals surface area contributed by atoms with Crippen LogP contribution in [0.2, 0.25) is 5.02 Å². The third-order valence-corrected chi connectivity index (χ3v) is 5.64. The summed E-state index contributed by atoms with van der Waals surface area (Å²) in [6, 6.07) is 11.0. The number of carboxylic acid groups (broad SMARTS) is 1. The average molecular weight is 399 g/mol. The lowest BCUT2D eigenvalue weighted by atomic mass is 9.75. The lowest BCUT2D eigenvalue weighted by Gasteiger charge is -2.32. The lowest BCUT2D eigenvalue weighted by Crippen LogP contribution is -2.49. The van der Waals surface area contributed by atoms with Crippen LogP contribution < -0.4 is 4.90 Å². The number of hydrogen-bond acceptors (Lipinski definition) is 3. The zero-order valence-corrected chi connectivity index (χ0v) is 16.2. The molecule has 8 heteroatoms. The minimum atomic E-state index is -1.09. The standard InChI is InChI=1S/C20H19ClN4O3/c1-24(19(27)28)10-20(9-12-4-3-5-15-17(12)23-11-22-15)14-8-13(21)6-7-16(14)25(2)18(20)26/h3-8,11H,9-10H2,1-2H3,(H,22,23)(H,27,28). The molecule has 0 fully saturated rings. The van der Waals surface area contributed by atoms with Gasteiger partial charge in [0.15, 0.2) is 0 Å². The number of imidazole rings is 1. The molecule has 0 saturated carbocycles. The minimum Gasteiger partial charge on any atom is -0.465 e. The quantitative estimate of drug-likeness (QED) is 0.705. The summed E-state index contributed by atoms with van der Waals surface area (Å²) >= 11 is 6.25. The number of anilines is 1. The molecule has 2 amide bonds. The molecule has 144 valence electrons. The summed E-state index contributed by atoms with van der Waals surface area (Å²) in [5.74, 6) is -0.162. The SMILES string of the molecule is CN(CC1(Cc2cccc3[nH]cnc23)C(=O)N(C)c2ccc(Cl)cc21)C(=O)O. The number of nitrogens with one attached hydrogen (secondary N) is 1. The van der Waals surface area contributed by atoms with Crippen molar-refractivity contribution in [1.82, 2.24) is 14.9 Å². The first kappa shape index (κ1) is 18.3. The maximum Gasteiger partial charge on any atom is 0.407 e. The summed E-state index contributed by atoms with van der Waals surface area (Å²) in [6.07, 6.45) is 0.823. The van der Waals surface area contributed by atoms with Crippen LogP contribution in [0.4, 0.5) is 10.5 Å². The van der Waals surface area contributed by atoms with Gasteiger partial charge in [-0.1, -0.05) is 23.7 Å². The van der Waals surface area contributed by atoms with Gasteiger partial charge in [0.05, 0.1) is 22.8 Å². The number of likely N-dealkylation sites (N-methyl/N-ethyl adjacent to an activating group) is 2. The van der Waals surface area contributed by atoms with E-state index in [-0.39, 0.29) is 12.5 Å². The van der Waals surface area contributed by atoms with Gasteiger partial charge >= 0.3 is 6.09 Å². The molecule has 1 aromatic heterocycles. The van der Waals surface area contributed by atoms with Gasteiger partial charge in [0, 0.05) is 31.4 Å². The third-order valence-electron chi connectivity index (χ3n) is 5.41. The Balaban J connectivity index is 1.91. The van der Waals surface area contributed by atoms with E-state index in [9.17, 15) is 14.7 Å². The predicted molar refractivity (Wildman–Crippen MR) is 107 cm³/mol. The lowest BCUT2D eigenvalue weighted by molar-refractivity contribution is -0.123. The Kier molecular flexibility index (Phi) is 4.27. The van der Waals surface area contributed by atoms with Gasteiger partial charge in [-0.25, -0.2) is 9.78 Å². The van der Waals surface area contributed by atoms with E-state index in [1.807, 2.05) is 18.2 Å². The number of carbonyl (C=O) groups excluding carboxylic acids is 1. The number of rotatable bonds is 4. The summed E-state index contributed by atoms with van der Waals surface area (Å²) < 4.78 is 0. The summed E-state index contributed by atoms with van der Waals surface area (Å²) in [4.78, 5) is 35.2. The topological polar surface area (TPSA) is 89.5 Å². The highest BCUT2D eigenvalue weighted by Crippen LogP contribution is 2.45. The molecule has 0 saturated heterocycles. The van der Waals surface area contributed by atoms with Crippen LogP contribution in [0, 0.1) is 0 Å². The van der Waals surface area contributed by atoms with Gasteiger partial charge in [-0.3, -0.25) is 4.79 Å². The monoisotopic (exact) mass is 398 g/mol. The fourth-order valence-electron chi connectivity index (χ4n) is 4.08. The average Bonchev–Trinajstić information content (AvgIpc) is 3.21. The third kappa shape index (κ3) is 2.70. The normalized spacial score (nSPS) is 18.5. The van der Waals surface area contributed by atoms with Crippen molar-refractivity contribution in [2.24, 2.45) is 0 Å². The number of halogens is 1. The second-order valence-corrected chi connectivity index (χ2v) is 7.58. The highest BCUT2D eigenvalue weighted by Gasteiger charge is 2.51. The van der Waals surface area contributed by atoms with Gasteiger partial charge in [-0.05, 0) is 41.8 Å². The molecule has 0 bridgehead atoms. The second kappa shape index (κ2) is 6.53. The van der Waals surface area contributed by atoms with E-state index in [1.165, 1.54) is 7.05 Å². The molecule has 7 nitrogen and oxygen atoms in total. The van der Waals surface area contributed by atoms with Gasteiger partial charge in [-0.2, -0.15) is 0 Å². The molecule has 1 aliphatic heterocycles. The van der Waals surface area contributed by atoms with Gasteiger partial charge < -0.3 is 19.9 Å². The smallest absolute Gasteiger partial charge is 0.407 e. The number of hydrogen-bond donors (Lipinski definition) is 2. The minimum absolute atomic E-state index is 0.0136. The van der Waals surface area contributed by atoms with Crippen molar-refractivity contribution >= 4 is 40.3 Å². The first-order chi connectivity index (χ1) is 13.3. The Morgan fingerprint density at radius 3 is 2.89 bits per heavy atom. The van der Waals surface area contributed by atoms with Crippen LogP contribution in [0.25, 0.3) is 11.0 Å². The molecule has 3 aromatic rings. The number of benzene rings is 2. The van der Waals surface area contributed by atoms with Crippen molar-refractivity contribution < 1.29 is 14.7 Å². The predicted octanol–water partition coefficient (Wildman–Crippen LogP) is 3.28. The summed E-state index contributed by atoms with van der Waals surface area (Å²) in [7, 11) is 3.17. The Labute approximate surface area is 166 Å². The van der Waals surface area contributed by atoms with E-state index in [1.54, 1.807) is 36.5 Å². The Hall–Kier alpha value is -3.06. The number of aromatic nitrogens is 2. The number of amides is 2. The van der Waals surface area contributed by atoms with Crippen molar-refractivity contribution in [2.45, 2.75) is 11.8 Å². The summed E-state index contributed by atoms with van der Waals surface area (Å²) in [6.45, 7) is 0.0136. The van der Waals surface area contributed by atoms with Crippen LogP contribution in [0.15, 0.2) is 42.7 Å². The molecular weight excluding hydrogens is 380 g/mol. The van der Waals surface area contributed by atoms with Crippen molar-refractivity contribution in [3.8, 4) is 0 Å². The number of aromatic amines is 1. The molecule has 2 N–H and O–H groups in total. The molecule has 1 atom stereocenters. The molecule has 4 rings (SSSR count). The number of nitrogens with zero attached hydrogens (tertiary/aromatic N) is 3. The molecule has 0 spiro atoms. The van der Waals surface area contributed by atoms with Crippen molar-refractivity contribution in [3.05, 3.63) is 58.9 Å². The largest absolute Gasteiger partial charge is 0.465 e. The van der Waals surface area contributed by atoms with Gasteiger partial charge in [0.1, 0.15) is 0 Å². The fraction of sp³-hybridized carbons (Fsp3) is 0.250. The summed E-state index contributed by atoms with van der Waals surface area (Å²) in [5.41, 5.74) is 2.88. The van der Waals surface area contributed by atoms with Crippen molar-refractivity contribution in [1.29, 1.82) is 0 Å². The van der Waals surface area contributed by atoms with Crippen LogP contribution in [0.3, 0.4) is 0 Å². The van der Waals surface area contributed by atoms with E-state index in [4.69, 9.17) is 11.6 Å². The van der Waals surface area contributed by atoms with Gasteiger partial charge in [0.2, 0.25) is 5.91 Å². The van der Waals surface area contributed by atoms with Crippen LogP contribution in [0.5, 0.6) is 0 Å². The maximum atomic E-state index is 13.5. The van der Waals surface area contributed by atoms with E-state index < -0.39 is 11.5 Å². The molecule has 0 aliphatic carbocycles. The fourth-order valence-corrected chi connectivity index (χ4v) is 4.25. The summed E-state index contributed by atoms with van der Waals surface area (Å²) in [5, 5.41) is 9.98. The second-order valence-electron chi connectivity index (χ2n) is 7.14. The Morgan fingerprint density at radius 1 is 1.36 bits per heavy atom. The molecule has 0 radical (unpaired) electrons. The van der Waals surface area contributed by atoms with Crippen LogP contribution in [-0.4, -0.2) is 52.6 Å². The zero-order chi connectivity index (χ0) is 20.1. The van der Waals surface area contributed by atoms with E-state index in [0.717, 1.165) is 32.7 Å². The number of fused-ring (bicyclic) bond motifs is 2. The molecule has 1 aliphatic rings.